The highest BCUT2D eigenvalue weighted by Crippen LogP contribution is 2.15. The van der Waals surface area contributed by atoms with Gasteiger partial charge in [-0.25, -0.2) is 0 Å². The fourth-order valence-corrected chi connectivity index (χ4v) is 1.45. The van der Waals surface area contributed by atoms with Crippen molar-refractivity contribution in [1.29, 1.82) is 0 Å². The van der Waals surface area contributed by atoms with Crippen LogP contribution in [0.3, 0.4) is 0 Å². The third-order valence-corrected chi connectivity index (χ3v) is 2.52. The lowest BCUT2D eigenvalue weighted by molar-refractivity contribution is -0.138. The van der Waals surface area contributed by atoms with E-state index in [1.807, 2.05) is 41.5 Å². The molecule has 4 nitrogen and oxygen atoms in total. The molecule has 0 atom stereocenters. The van der Waals surface area contributed by atoms with Crippen molar-refractivity contribution in [2.75, 3.05) is 0 Å². The van der Waals surface area contributed by atoms with E-state index in [1.165, 1.54) is 17.1 Å². The molecule has 0 saturated carbocycles. The Morgan fingerprint density at radius 2 is 1.56 bits per heavy atom. The van der Waals surface area contributed by atoms with E-state index in [0.29, 0.717) is 12.2 Å². The smallest absolute Gasteiger partial charge is 0.253 e. The Hall–Kier alpha value is -1.45. The average Bonchev–Trinajstić information content (AvgIpc) is 2.56. The summed E-state index contributed by atoms with van der Waals surface area (Å²) in [4.78, 5) is 33.7. The number of hydrogen-bond acceptors (Lipinski definition) is 3. The Labute approximate surface area is 109 Å². The van der Waals surface area contributed by atoms with Crippen molar-refractivity contribution in [3.05, 3.63) is 12.2 Å². The maximum Gasteiger partial charge on any atom is 0.253 e. The van der Waals surface area contributed by atoms with Crippen LogP contribution in [0.15, 0.2) is 12.2 Å². The van der Waals surface area contributed by atoms with Crippen LogP contribution in [0.1, 0.15) is 48.0 Å². The van der Waals surface area contributed by atoms with E-state index in [4.69, 9.17) is 0 Å². The minimum atomic E-state index is -0.208. The van der Waals surface area contributed by atoms with Crippen molar-refractivity contribution < 1.29 is 14.4 Å². The summed E-state index contributed by atoms with van der Waals surface area (Å²) in [6, 6.07) is -0.0324. The van der Waals surface area contributed by atoms with Crippen LogP contribution in [0.5, 0.6) is 0 Å². The van der Waals surface area contributed by atoms with Crippen LogP contribution < -0.4 is 0 Å². The second-order valence-electron chi connectivity index (χ2n) is 5.50. The highest BCUT2D eigenvalue weighted by atomic mass is 16.2. The van der Waals surface area contributed by atoms with E-state index in [0.717, 1.165) is 0 Å². The van der Waals surface area contributed by atoms with Crippen molar-refractivity contribution in [2.45, 2.75) is 54.0 Å². The highest BCUT2D eigenvalue weighted by molar-refractivity contribution is 6.13. The Balaban J connectivity index is 0.000000331. The van der Waals surface area contributed by atoms with Gasteiger partial charge in [-0.2, -0.15) is 0 Å². The zero-order valence-electron chi connectivity index (χ0n) is 12.1. The Morgan fingerprint density at radius 3 is 1.67 bits per heavy atom. The molecular formula is C14H23NO3. The summed E-state index contributed by atoms with van der Waals surface area (Å²) in [7, 11) is 0. The SMILES string of the molecule is CC(C)N1C(=O)C=CC1=O.CCC(=O)C(C)(C)C. The molecule has 0 bridgehead atoms. The Kier molecular flexibility index (Phi) is 5.95. The Morgan fingerprint density at radius 1 is 1.17 bits per heavy atom. The molecule has 0 radical (unpaired) electrons. The summed E-state index contributed by atoms with van der Waals surface area (Å²) in [5.41, 5.74) is -0.130. The van der Waals surface area contributed by atoms with E-state index >= 15 is 0 Å². The number of Topliss-reactive ketones (excluding diaryl/α,β-unsaturated/α-hetero) is 1. The summed E-state index contributed by atoms with van der Waals surface area (Å²) >= 11 is 0. The van der Waals surface area contributed by atoms with Gasteiger partial charge in [0.15, 0.2) is 0 Å². The second kappa shape index (κ2) is 6.47. The predicted molar refractivity (Wildman–Crippen MR) is 70.9 cm³/mol. The number of ketones is 1. The first-order valence-electron chi connectivity index (χ1n) is 6.19. The molecule has 0 saturated heterocycles. The first-order chi connectivity index (χ1) is 8.11. The largest absolute Gasteiger partial charge is 0.299 e. The van der Waals surface area contributed by atoms with E-state index in [-0.39, 0.29) is 23.3 Å². The van der Waals surface area contributed by atoms with Crippen molar-refractivity contribution >= 4 is 17.6 Å². The molecule has 18 heavy (non-hydrogen) atoms. The van der Waals surface area contributed by atoms with Crippen LogP contribution in [0, 0.1) is 5.41 Å². The molecular weight excluding hydrogens is 230 g/mol. The van der Waals surface area contributed by atoms with Crippen molar-refractivity contribution in [3.8, 4) is 0 Å². The van der Waals surface area contributed by atoms with Crippen molar-refractivity contribution in [2.24, 2.45) is 5.41 Å². The lowest BCUT2D eigenvalue weighted by Crippen LogP contribution is -2.36. The van der Waals surface area contributed by atoms with Crippen LogP contribution in [-0.2, 0) is 14.4 Å². The van der Waals surface area contributed by atoms with Crippen LogP contribution in [0.4, 0.5) is 0 Å². The molecule has 0 spiro atoms. The zero-order chi connectivity index (χ0) is 14.5. The Bertz CT molecular complexity index is 344. The van der Waals surface area contributed by atoms with Crippen molar-refractivity contribution in [1.82, 2.24) is 4.90 Å². The number of amides is 2. The molecule has 0 unspecified atom stereocenters. The number of carbonyl (C=O) groups excluding carboxylic acids is 3. The van der Waals surface area contributed by atoms with Crippen LogP contribution in [-0.4, -0.2) is 28.5 Å². The minimum Gasteiger partial charge on any atom is -0.299 e. The lowest BCUT2D eigenvalue weighted by Gasteiger charge is -2.17. The summed E-state index contributed by atoms with van der Waals surface area (Å²) < 4.78 is 0. The third-order valence-electron chi connectivity index (χ3n) is 2.52. The fourth-order valence-electron chi connectivity index (χ4n) is 1.45. The van der Waals surface area contributed by atoms with Gasteiger partial charge < -0.3 is 0 Å². The molecule has 4 heteroatoms. The number of carbonyl (C=O) groups is 3. The number of rotatable bonds is 2. The molecule has 1 heterocycles. The number of imide groups is 1. The topological polar surface area (TPSA) is 54.5 Å². The van der Waals surface area contributed by atoms with Crippen molar-refractivity contribution in [3.63, 3.8) is 0 Å². The van der Waals surface area contributed by atoms with E-state index in [9.17, 15) is 14.4 Å². The molecule has 0 fully saturated rings. The van der Waals surface area contributed by atoms with Gasteiger partial charge in [0.25, 0.3) is 11.8 Å². The van der Waals surface area contributed by atoms with Gasteiger partial charge in [-0.3, -0.25) is 19.3 Å². The van der Waals surface area contributed by atoms with Gasteiger partial charge in [0.05, 0.1) is 0 Å². The van der Waals surface area contributed by atoms with Gasteiger partial charge in [0, 0.05) is 30.0 Å². The lowest BCUT2D eigenvalue weighted by atomic mass is 9.90. The zero-order valence-corrected chi connectivity index (χ0v) is 12.1. The number of hydrogen-bond donors (Lipinski definition) is 0. The highest BCUT2D eigenvalue weighted by Gasteiger charge is 2.25. The van der Waals surface area contributed by atoms with Crippen LogP contribution in [0.2, 0.25) is 0 Å². The average molecular weight is 253 g/mol. The quantitative estimate of drug-likeness (QED) is 0.710. The summed E-state index contributed by atoms with van der Waals surface area (Å²) in [6.07, 6.45) is 3.24. The summed E-state index contributed by atoms with van der Waals surface area (Å²) in [5.74, 6) is -0.0856. The maximum atomic E-state index is 10.8. The predicted octanol–water partition coefficient (Wildman–Crippen LogP) is 2.33. The van der Waals surface area contributed by atoms with E-state index < -0.39 is 0 Å². The number of nitrogens with zero attached hydrogens (tertiary/aromatic N) is 1. The molecule has 1 aliphatic rings. The van der Waals surface area contributed by atoms with E-state index in [1.54, 1.807) is 0 Å². The summed E-state index contributed by atoms with van der Waals surface area (Å²) in [6.45, 7) is 11.3. The molecule has 2 amide bonds. The minimum absolute atomic E-state index is 0.0324. The molecule has 1 aliphatic heterocycles. The van der Waals surface area contributed by atoms with Gasteiger partial charge in [0.2, 0.25) is 0 Å². The first-order valence-corrected chi connectivity index (χ1v) is 6.19. The fraction of sp³-hybridized carbons (Fsp3) is 0.643. The molecule has 102 valence electrons. The maximum absolute atomic E-state index is 10.8. The van der Waals surface area contributed by atoms with E-state index in [2.05, 4.69) is 0 Å². The van der Waals surface area contributed by atoms with Crippen LogP contribution >= 0.6 is 0 Å². The molecule has 0 aliphatic carbocycles. The molecule has 0 aromatic heterocycles. The van der Waals surface area contributed by atoms with Gasteiger partial charge in [0.1, 0.15) is 5.78 Å². The standard InChI is InChI=1S/C7H9NO2.C7H14O/c1-5(2)8-6(9)3-4-7(8)10;1-5-6(8)7(2,3)4/h3-5H,1-2H3;5H2,1-4H3. The van der Waals surface area contributed by atoms with Gasteiger partial charge in [-0.15, -0.1) is 0 Å². The molecule has 0 N–H and O–H groups in total. The summed E-state index contributed by atoms with van der Waals surface area (Å²) in [5, 5.41) is 0. The monoisotopic (exact) mass is 253 g/mol. The molecule has 1 rings (SSSR count). The van der Waals surface area contributed by atoms with Gasteiger partial charge >= 0.3 is 0 Å². The normalized spacial score (nSPS) is 14.9. The van der Waals surface area contributed by atoms with Gasteiger partial charge in [-0.05, 0) is 13.8 Å². The second-order valence-corrected chi connectivity index (χ2v) is 5.50. The van der Waals surface area contributed by atoms with Crippen LogP contribution in [0.25, 0.3) is 0 Å². The first kappa shape index (κ1) is 16.6. The molecule has 0 aromatic rings. The third kappa shape index (κ3) is 4.82. The van der Waals surface area contributed by atoms with Gasteiger partial charge in [-0.1, -0.05) is 27.7 Å². The molecule has 0 aromatic carbocycles.